The Kier molecular flexibility index (Phi) is 3.48. The molecule has 1 unspecified atom stereocenters. The van der Waals surface area contributed by atoms with Crippen molar-refractivity contribution in [3.8, 4) is 0 Å². The summed E-state index contributed by atoms with van der Waals surface area (Å²) >= 11 is 8.25. The van der Waals surface area contributed by atoms with Gasteiger partial charge in [-0.25, -0.2) is 0 Å². The van der Waals surface area contributed by atoms with Crippen LogP contribution in [0.2, 0.25) is 5.02 Å². The van der Waals surface area contributed by atoms with E-state index in [0.717, 1.165) is 0 Å². The summed E-state index contributed by atoms with van der Waals surface area (Å²) in [4.78, 5) is -1.63. The highest BCUT2D eigenvalue weighted by atomic mass is 79.9. The number of hydrogen-bond donors (Lipinski definition) is 0. The molecule has 14 heavy (non-hydrogen) atoms. The fraction of sp³-hybridized carbons (Fsp3) is 0.333. The lowest BCUT2D eigenvalue weighted by molar-refractivity contribution is -0.128. The van der Waals surface area contributed by atoms with Crippen molar-refractivity contribution in [3.63, 3.8) is 0 Å². The lowest BCUT2D eigenvalue weighted by Gasteiger charge is -2.16. The molecule has 1 aromatic rings. The largest absolute Gasteiger partial charge is 0.405 e. The minimum Gasteiger partial charge on any atom is -0.169 e. The van der Waals surface area contributed by atoms with E-state index < -0.39 is 11.0 Å². The van der Waals surface area contributed by atoms with Gasteiger partial charge in [-0.05, 0) is 30.2 Å². The topological polar surface area (TPSA) is 0 Å². The molecule has 0 aromatic heterocycles. The Morgan fingerprint density at radius 3 is 2.36 bits per heavy atom. The first-order chi connectivity index (χ1) is 6.32. The van der Waals surface area contributed by atoms with Gasteiger partial charge < -0.3 is 0 Å². The minimum atomic E-state index is -4.28. The Morgan fingerprint density at radius 2 is 1.93 bits per heavy atom. The first-order valence-corrected chi connectivity index (χ1v) is 5.08. The van der Waals surface area contributed by atoms with Crippen LogP contribution in [0, 0.1) is 6.92 Å². The Balaban J connectivity index is 3.08. The summed E-state index contributed by atoms with van der Waals surface area (Å²) in [6.45, 7) is 1.60. The molecule has 0 N–H and O–H groups in total. The second kappa shape index (κ2) is 4.11. The van der Waals surface area contributed by atoms with Crippen molar-refractivity contribution in [2.75, 3.05) is 0 Å². The normalized spacial score (nSPS) is 14.1. The molecule has 0 heterocycles. The van der Waals surface area contributed by atoms with E-state index in [1.807, 2.05) is 0 Å². The van der Waals surface area contributed by atoms with Crippen molar-refractivity contribution in [2.45, 2.75) is 17.9 Å². The van der Waals surface area contributed by atoms with Gasteiger partial charge in [0.25, 0.3) is 0 Å². The maximum Gasteiger partial charge on any atom is 0.405 e. The van der Waals surface area contributed by atoms with Gasteiger partial charge in [-0.1, -0.05) is 33.6 Å². The van der Waals surface area contributed by atoms with Gasteiger partial charge in [-0.3, -0.25) is 0 Å². The van der Waals surface area contributed by atoms with Crippen LogP contribution in [-0.4, -0.2) is 6.18 Å². The first kappa shape index (κ1) is 11.9. The summed E-state index contributed by atoms with van der Waals surface area (Å²) in [5.74, 6) is 0. The second-order valence-corrected chi connectivity index (χ2v) is 4.26. The fourth-order valence-corrected chi connectivity index (χ4v) is 1.84. The van der Waals surface area contributed by atoms with Crippen LogP contribution in [0.15, 0.2) is 18.2 Å². The van der Waals surface area contributed by atoms with Crippen LogP contribution in [0.4, 0.5) is 13.2 Å². The summed E-state index contributed by atoms with van der Waals surface area (Å²) in [6, 6.07) is 4.34. The molecule has 78 valence electrons. The molecule has 0 radical (unpaired) electrons. The monoisotopic (exact) mass is 286 g/mol. The molecule has 0 saturated heterocycles. The van der Waals surface area contributed by atoms with Crippen molar-refractivity contribution in [1.29, 1.82) is 0 Å². The molecule has 0 fully saturated rings. The molecule has 0 amide bonds. The van der Waals surface area contributed by atoms with Gasteiger partial charge in [0.2, 0.25) is 0 Å². The van der Waals surface area contributed by atoms with E-state index in [9.17, 15) is 13.2 Å². The molecule has 0 saturated carbocycles. The molecule has 1 atom stereocenters. The third-order valence-electron chi connectivity index (χ3n) is 1.79. The highest BCUT2D eigenvalue weighted by Crippen LogP contribution is 2.41. The third kappa shape index (κ3) is 2.64. The van der Waals surface area contributed by atoms with Crippen molar-refractivity contribution in [3.05, 3.63) is 34.3 Å². The number of benzene rings is 1. The van der Waals surface area contributed by atoms with Crippen molar-refractivity contribution in [2.24, 2.45) is 0 Å². The van der Waals surface area contributed by atoms with Crippen LogP contribution in [0.25, 0.3) is 0 Å². The molecule has 0 bridgehead atoms. The smallest absolute Gasteiger partial charge is 0.169 e. The highest BCUT2D eigenvalue weighted by Gasteiger charge is 2.39. The molecule has 1 rings (SSSR count). The van der Waals surface area contributed by atoms with Gasteiger partial charge in [0.05, 0.1) is 0 Å². The van der Waals surface area contributed by atoms with E-state index >= 15 is 0 Å². The van der Waals surface area contributed by atoms with Gasteiger partial charge in [0.15, 0.2) is 0 Å². The van der Waals surface area contributed by atoms with Crippen molar-refractivity contribution >= 4 is 27.5 Å². The average Bonchev–Trinajstić information content (AvgIpc) is 2.01. The zero-order chi connectivity index (χ0) is 10.9. The highest BCUT2D eigenvalue weighted by molar-refractivity contribution is 9.09. The average molecular weight is 288 g/mol. The SMILES string of the molecule is Cc1cc(Cl)ccc1C(Br)C(F)(F)F. The van der Waals surface area contributed by atoms with Gasteiger partial charge in [-0.15, -0.1) is 0 Å². The molecule has 0 aliphatic rings. The van der Waals surface area contributed by atoms with Crippen LogP contribution in [0.1, 0.15) is 16.0 Å². The quantitative estimate of drug-likeness (QED) is 0.660. The number of alkyl halides is 4. The number of halogens is 5. The Bertz CT molecular complexity index is 335. The van der Waals surface area contributed by atoms with E-state index in [0.29, 0.717) is 10.6 Å². The molecular weight excluding hydrogens is 280 g/mol. The Morgan fingerprint density at radius 1 is 1.36 bits per heavy atom. The lowest BCUT2D eigenvalue weighted by atomic mass is 10.1. The first-order valence-electron chi connectivity index (χ1n) is 3.79. The maximum absolute atomic E-state index is 12.3. The second-order valence-electron chi connectivity index (χ2n) is 2.91. The van der Waals surface area contributed by atoms with Crippen molar-refractivity contribution in [1.82, 2.24) is 0 Å². The predicted octanol–water partition coefficient (Wildman–Crippen LogP) is 4.65. The minimum absolute atomic E-state index is 0.196. The van der Waals surface area contributed by atoms with Crippen LogP contribution >= 0.6 is 27.5 Å². The zero-order valence-corrected chi connectivity index (χ0v) is 9.54. The van der Waals surface area contributed by atoms with E-state index in [1.165, 1.54) is 18.2 Å². The fourth-order valence-electron chi connectivity index (χ4n) is 1.10. The van der Waals surface area contributed by atoms with E-state index in [1.54, 1.807) is 6.92 Å². The van der Waals surface area contributed by atoms with Crippen LogP contribution in [0.3, 0.4) is 0 Å². The molecule has 0 nitrogen and oxygen atoms in total. The van der Waals surface area contributed by atoms with Gasteiger partial charge in [0.1, 0.15) is 4.83 Å². The lowest BCUT2D eigenvalue weighted by Crippen LogP contribution is -2.16. The number of hydrogen-bond acceptors (Lipinski definition) is 0. The maximum atomic E-state index is 12.3. The van der Waals surface area contributed by atoms with Gasteiger partial charge in [0, 0.05) is 5.02 Å². The zero-order valence-electron chi connectivity index (χ0n) is 7.20. The summed E-state index contributed by atoms with van der Waals surface area (Å²) in [7, 11) is 0. The molecule has 1 aromatic carbocycles. The molecule has 5 heteroatoms. The van der Waals surface area contributed by atoms with Crippen LogP contribution < -0.4 is 0 Å². The number of aryl methyl sites for hydroxylation is 1. The summed E-state index contributed by atoms with van der Waals surface area (Å²) in [5, 5.41) is 0.438. The van der Waals surface area contributed by atoms with Crippen LogP contribution in [-0.2, 0) is 0 Å². The molecule has 0 aliphatic carbocycles. The van der Waals surface area contributed by atoms with Crippen LogP contribution in [0.5, 0.6) is 0 Å². The Hall–Kier alpha value is -0.220. The standard InChI is InChI=1S/C9H7BrClF3/c1-5-4-6(11)2-3-7(5)8(10)9(12,13)14/h2-4,8H,1H3. The summed E-state index contributed by atoms with van der Waals surface area (Å²) in [6.07, 6.45) is -4.28. The van der Waals surface area contributed by atoms with Gasteiger partial charge >= 0.3 is 6.18 Å². The predicted molar refractivity (Wildman–Crippen MR) is 53.9 cm³/mol. The Labute approximate surface area is 93.2 Å². The summed E-state index contributed by atoms with van der Waals surface area (Å²) < 4.78 is 37.0. The summed E-state index contributed by atoms with van der Waals surface area (Å²) in [5.41, 5.74) is 0.721. The molecule has 0 aliphatic heterocycles. The van der Waals surface area contributed by atoms with E-state index in [4.69, 9.17) is 11.6 Å². The van der Waals surface area contributed by atoms with E-state index in [2.05, 4.69) is 15.9 Å². The molecule has 0 spiro atoms. The van der Waals surface area contributed by atoms with Crippen molar-refractivity contribution < 1.29 is 13.2 Å². The third-order valence-corrected chi connectivity index (χ3v) is 3.04. The van der Waals surface area contributed by atoms with Gasteiger partial charge in [-0.2, -0.15) is 13.2 Å². The van der Waals surface area contributed by atoms with E-state index in [-0.39, 0.29) is 5.56 Å². The molecular formula is C9H7BrClF3. The number of rotatable bonds is 1.